The molecule has 30 heavy (non-hydrogen) atoms. The summed E-state index contributed by atoms with van der Waals surface area (Å²) < 4.78 is 0. The van der Waals surface area contributed by atoms with Gasteiger partial charge in [-0.1, -0.05) is 42.5 Å². The summed E-state index contributed by atoms with van der Waals surface area (Å²) in [5.41, 5.74) is 1.96. The van der Waals surface area contributed by atoms with E-state index in [0.717, 1.165) is 11.3 Å². The second kappa shape index (κ2) is 9.28. The zero-order valence-corrected chi connectivity index (χ0v) is 17.4. The number of carbonyl (C=O) groups excluding carboxylic acids is 2. The van der Waals surface area contributed by atoms with E-state index in [4.69, 9.17) is 5.11 Å². The molecule has 160 valence electrons. The van der Waals surface area contributed by atoms with Gasteiger partial charge in [0.15, 0.2) is 5.78 Å². The van der Waals surface area contributed by atoms with Crippen LogP contribution in [-0.4, -0.2) is 71.4 Å². The third-order valence-electron chi connectivity index (χ3n) is 5.36. The van der Waals surface area contributed by atoms with Gasteiger partial charge in [0.25, 0.3) is 0 Å². The van der Waals surface area contributed by atoms with Crippen molar-refractivity contribution in [2.24, 2.45) is 0 Å². The summed E-state index contributed by atoms with van der Waals surface area (Å²) in [5, 5.41) is 21.8. The van der Waals surface area contributed by atoms with Gasteiger partial charge in [0.2, 0.25) is 0 Å². The van der Waals surface area contributed by atoms with Crippen LogP contribution in [0.1, 0.15) is 13.8 Å². The number of aliphatic hydroxyl groups excluding tert-OH is 1. The first-order valence-electron chi connectivity index (χ1n) is 10.1. The highest BCUT2D eigenvalue weighted by Crippen LogP contribution is 2.24. The first kappa shape index (κ1) is 21.8. The maximum atomic E-state index is 12.6. The Labute approximate surface area is 176 Å². The van der Waals surface area contributed by atoms with Crippen LogP contribution >= 0.6 is 0 Å². The van der Waals surface area contributed by atoms with Crippen molar-refractivity contribution in [2.45, 2.75) is 25.5 Å². The molecule has 2 amide bonds. The summed E-state index contributed by atoms with van der Waals surface area (Å²) >= 11 is 0. The highest BCUT2D eigenvalue weighted by Gasteiger charge is 2.35. The third-order valence-corrected chi connectivity index (χ3v) is 5.36. The molecule has 1 heterocycles. The molecule has 1 fully saturated rings. The summed E-state index contributed by atoms with van der Waals surface area (Å²) in [7, 11) is 0. The minimum atomic E-state index is -1.46. The number of ketones is 1. The fourth-order valence-electron chi connectivity index (χ4n) is 3.62. The molecule has 1 aliphatic heterocycles. The molecule has 0 unspecified atom stereocenters. The van der Waals surface area contributed by atoms with Gasteiger partial charge in [-0.25, -0.2) is 4.79 Å². The number of amides is 2. The Morgan fingerprint density at radius 3 is 2.07 bits per heavy atom. The average molecular weight is 412 g/mol. The maximum absolute atomic E-state index is 12.6. The van der Waals surface area contributed by atoms with E-state index in [1.165, 1.54) is 19.4 Å². The molecule has 3 N–H and O–H groups in total. The Kier molecular flexibility index (Phi) is 6.74. The summed E-state index contributed by atoms with van der Waals surface area (Å²) in [5.74, 6) is -0.618. The SMILES string of the molecule is CC(C)(O)[C@H](NC(=O)N1CCN(c2ccc(-c3ccccc3)cc2)CC1)C(=O)CO. The Bertz CT molecular complexity index is 854. The molecule has 1 aliphatic rings. The predicted octanol–water partition coefficient (Wildman–Crippen LogP) is 1.89. The molecule has 1 saturated heterocycles. The van der Waals surface area contributed by atoms with Crippen LogP contribution in [0.2, 0.25) is 0 Å². The van der Waals surface area contributed by atoms with E-state index >= 15 is 0 Å². The van der Waals surface area contributed by atoms with Crippen LogP contribution in [0.15, 0.2) is 54.6 Å². The van der Waals surface area contributed by atoms with Gasteiger partial charge in [-0.05, 0) is 37.1 Å². The molecule has 0 radical (unpaired) electrons. The maximum Gasteiger partial charge on any atom is 0.318 e. The number of aliphatic hydroxyl groups is 2. The zero-order valence-electron chi connectivity index (χ0n) is 17.4. The van der Waals surface area contributed by atoms with E-state index in [2.05, 4.69) is 46.6 Å². The fourth-order valence-corrected chi connectivity index (χ4v) is 3.62. The Hall–Kier alpha value is -2.90. The Morgan fingerprint density at radius 2 is 1.53 bits per heavy atom. The van der Waals surface area contributed by atoms with Crippen LogP contribution in [0.3, 0.4) is 0 Å². The lowest BCUT2D eigenvalue weighted by Crippen LogP contribution is -2.60. The van der Waals surface area contributed by atoms with Gasteiger partial charge in [-0.3, -0.25) is 4.79 Å². The molecule has 7 heteroatoms. The number of benzene rings is 2. The van der Waals surface area contributed by atoms with Crippen molar-refractivity contribution in [1.82, 2.24) is 10.2 Å². The van der Waals surface area contributed by atoms with Crippen molar-refractivity contribution in [1.29, 1.82) is 0 Å². The van der Waals surface area contributed by atoms with Gasteiger partial charge in [0, 0.05) is 31.9 Å². The van der Waals surface area contributed by atoms with Crippen molar-refractivity contribution in [2.75, 3.05) is 37.7 Å². The number of nitrogens with zero attached hydrogens (tertiary/aromatic N) is 2. The van der Waals surface area contributed by atoms with Gasteiger partial charge in [-0.2, -0.15) is 0 Å². The van der Waals surface area contributed by atoms with Gasteiger partial charge in [-0.15, -0.1) is 0 Å². The van der Waals surface area contributed by atoms with Crippen LogP contribution in [0.4, 0.5) is 10.5 Å². The number of nitrogens with one attached hydrogen (secondary N) is 1. The molecular formula is C23H29N3O4. The topological polar surface area (TPSA) is 93.1 Å². The highest BCUT2D eigenvalue weighted by atomic mass is 16.3. The number of hydrogen-bond donors (Lipinski definition) is 3. The summed E-state index contributed by atoms with van der Waals surface area (Å²) in [6.07, 6.45) is 0. The van der Waals surface area contributed by atoms with Crippen molar-refractivity contribution in [3.63, 3.8) is 0 Å². The molecular weight excluding hydrogens is 382 g/mol. The molecule has 0 aliphatic carbocycles. The Balaban J connectivity index is 1.58. The van der Waals surface area contributed by atoms with Crippen LogP contribution in [0.5, 0.6) is 0 Å². The lowest BCUT2D eigenvalue weighted by atomic mass is 9.95. The van der Waals surface area contributed by atoms with Gasteiger partial charge >= 0.3 is 6.03 Å². The lowest BCUT2D eigenvalue weighted by Gasteiger charge is -2.37. The van der Waals surface area contributed by atoms with Crippen LogP contribution in [-0.2, 0) is 4.79 Å². The number of rotatable bonds is 6. The molecule has 3 rings (SSSR count). The lowest BCUT2D eigenvalue weighted by molar-refractivity contribution is -0.129. The number of anilines is 1. The van der Waals surface area contributed by atoms with Crippen LogP contribution in [0.25, 0.3) is 11.1 Å². The zero-order chi connectivity index (χ0) is 21.7. The second-order valence-corrected chi connectivity index (χ2v) is 8.05. The number of Topliss-reactive ketones (excluding diaryl/α,β-unsaturated/α-hetero) is 1. The van der Waals surface area contributed by atoms with E-state index in [-0.39, 0.29) is 0 Å². The number of piperazine rings is 1. The molecule has 0 aromatic heterocycles. The number of hydrogen-bond acceptors (Lipinski definition) is 5. The minimum absolute atomic E-state index is 0.414. The minimum Gasteiger partial charge on any atom is -0.388 e. The summed E-state index contributed by atoms with van der Waals surface area (Å²) in [6.45, 7) is 4.46. The Morgan fingerprint density at radius 1 is 0.967 bits per heavy atom. The van der Waals surface area contributed by atoms with Gasteiger partial charge in [0.1, 0.15) is 12.6 Å². The molecule has 0 bridgehead atoms. The molecule has 0 spiro atoms. The van der Waals surface area contributed by atoms with Crippen LogP contribution in [0, 0.1) is 0 Å². The predicted molar refractivity (Wildman–Crippen MR) is 116 cm³/mol. The van der Waals surface area contributed by atoms with E-state index in [1.807, 2.05) is 18.2 Å². The second-order valence-electron chi connectivity index (χ2n) is 8.05. The number of urea groups is 1. The van der Waals surface area contributed by atoms with Crippen LogP contribution < -0.4 is 10.2 Å². The normalized spacial score (nSPS) is 15.6. The van der Waals surface area contributed by atoms with E-state index in [9.17, 15) is 14.7 Å². The molecule has 7 nitrogen and oxygen atoms in total. The quantitative estimate of drug-likeness (QED) is 0.675. The van der Waals surface area contributed by atoms with Crippen molar-refractivity contribution in [3.05, 3.63) is 54.6 Å². The fraction of sp³-hybridized carbons (Fsp3) is 0.391. The molecule has 0 saturated carbocycles. The van der Waals surface area contributed by atoms with Crippen molar-refractivity contribution >= 4 is 17.5 Å². The van der Waals surface area contributed by atoms with Gasteiger partial charge < -0.3 is 25.3 Å². The molecule has 1 atom stereocenters. The van der Waals surface area contributed by atoms with E-state index in [1.54, 1.807) is 4.90 Å². The monoisotopic (exact) mass is 411 g/mol. The first-order chi connectivity index (χ1) is 14.3. The highest BCUT2D eigenvalue weighted by molar-refractivity contribution is 5.90. The number of carbonyl (C=O) groups is 2. The molecule has 2 aromatic rings. The van der Waals surface area contributed by atoms with E-state index < -0.39 is 30.1 Å². The standard InChI is InChI=1S/C23H29N3O4/c1-23(2,30)21(20(28)16-27)24-22(29)26-14-12-25(13-15-26)19-10-8-18(9-11-19)17-6-4-3-5-7-17/h3-11,21,27,30H,12-16H2,1-2H3,(H,24,29)/t21-/m1/s1. The first-order valence-corrected chi connectivity index (χ1v) is 10.1. The van der Waals surface area contributed by atoms with E-state index in [0.29, 0.717) is 26.2 Å². The van der Waals surface area contributed by atoms with Crippen molar-refractivity contribution < 1.29 is 19.8 Å². The van der Waals surface area contributed by atoms with Gasteiger partial charge in [0.05, 0.1) is 5.60 Å². The smallest absolute Gasteiger partial charge is 0.318 e. The van der Waals surface area contributed by atoms with Crippen molar-refractivity contribution in [3.8, 4) is 11.1 Å². The summed E-state index contributed by atoms with van der Waals surface area (Å²) in [6, 6.07) is 17.0. The third kappa shape index (κ3) is 5.17. The largest absolute Gasteiger partial charge is 0.388 e. The summed E-state index contributed by atoms with van der Waals surface area (Å²) in [4.78, 5) is 28.3. The molecule has 2 aromatic carbocycles. The average Bonchev–Trinajstić information content (AvgIpc) is 2.77.